The Morgan fingerprint density at radius 2 is 0.545 bits per heavy atom. The van der Waals surface area contributed by atoms with Crippen LogP contribution in [0.2, 0.25) is 0 Å². The van der Waals surface area contributed by atoms with Gasteiger partial charge in [-0.3, -0.25) is 0 Å². The third-order valence-corrected chi connectivity index (χ3v) is 11.1. The van der Waals surface area contributed by atoms with Crippen molar-refractivity contribution in [3.05, 3.63) is 153 Å². The van der Waals surface area contributed by atoms with Gasteiger partial charge in [0.1, 0.15) is 0 Å². The van der Waals surface area contributed by atoms with E-state index in [1.54, 1.807) is 0 Å². The number of rotatable bonds is 6. The molecule has 3 heteroatoms. The standard InChI is InChI=1S/C25H22P2.C5H5.Ru/c1-5-13-22(14-6-1)26(23-15-7-2-8-16-23)21-27(24-17-9-3-10-18-24)25-19-11-4-12-20-25;1-2-4-5-3-1;/h1-20H,21H2;1-5H;/q;;+1. The molecule has 0 heterocycles. The summed E-state index contributed by atoms with van der Waals surface area (Å²) in [5.74, 6) is 1.17. The largest absolute Gasteiger partial charge is 1.00 e. The van der Waals surface area contributed by atoms with Gasteiger partial charge in [-0.15, -0.1) is 0 Å². The van der Waals surface area contributed by atoms with Gasteiger partial charge in [-0.2, -0.15) is 0 Å². The van der Waals surface area contributed by atoms with Crippen molar-refractivity contribution >= 4 is 37.1 Å². The third kappa shape index (κ3) is 7.97. The fraction of sp³-hybridized carbons (Fsp3) is 0.0333. The molecule has 1 fully saturated rings. The number of benzene rings is 4. The van der Waals surface area contributed by atoms with E-state index in [9.17, 15) is 0 Å². The van der Waals surface area contributed by atoms with Gasteiger partial charge in [-0.05, 0) is 69.2 Å². The molecule has 0 aliphatic heterocycles. The molecule has 4 aromatic carbocycles. The second-order valence-corrected chi connectivity index (χ2v) is 12.2. The van der Waals surface area contributed by atoms with Crippen LogP contribution in [0, 0.1) is 32.1 Å². The van der Waals surface area contributed by atoms with Crippen molar-refractivity contribution in [2.75, 3.05) is 5.90 Å². The van der Waals surface area contributed by atoms with Crippen LogP contribution in [0.3, 0.4) is 0 Å². The summed E-state index contributed by atoms with van der Waals surface area (Å²) in [6, 6.07) is 44.1. The Morgan fingerprint density at radius 1 is 0.333 bits per heavy atom. The minimum Gasteiger partial charge on any atom is -0.0622 e. The maximum atomic E-state index is 2.29. The first-order chi connectivity index (χ1) is 15.9. The van der Waals surface area contributed by atoms with Crippen molar-refractivity contribution < 1.29 is 19.5 Å². The van der Waals surface area contributed by atoms with Gasteiger partial charge in [-0.1, -0.05) is 121 Å². The van der Waals surface area contributed by atoms with E-state index in [0.717, 1.165) is 0 Å². The van der Waals surface area contributed by atoms with Crippen LogP contribution in [0.15, 0.2) is 121 Å². The molecule has 5 rings (SSSR count). The molecule has 0 saturated heterocycles. The van der Waals surface area contributed by atoms with Gasteiger partial charge in [0.05, 0.1) is 0 Å². The van der Waals surface area contributed by atoms with Crippen molar-refractivity contribution in [2.24, 2.45) is 0 Å². The Balaban J connectivity index is 0.000000453. The van der Waals surface area contributed by atoms with Crippen LogP contribution in [0.5, 0.6) is 0 Å². The molecule has 0 N–H and O–H groups in total. The Bertz CT molecular complexity index is 852. The van der Waals surface area contributed by atoms with Gasteiger partial charge >= 0.3 is 19.5 Å². The van der Waals surface area contributed by atoms with Gasteiger partial charge in [0, 0.05) is 5.90 Å². The Labute approximate surface area is 215 Å². The molecule has 1 saturated carbocycles. The van der Waals surface area contributed by atoms with Crippen LogP contribution in [-0.2, 0) is 19.5 Å². The van der Waals surface area contributed by atoms with E-state index in [1.165, 1.54) is 27.1 Å². The zero-order chi connectivity index (χ0) is 21.8. The number of hydrogen-bond acceptors (Lipinski definition) is 0. The molecule has 0 atom stereocenters. The van der Waals surface area contributed by atoms with E-state index in [-0.39, 0.29) is 19.5 Å². The zero-order valence-corrected chi connectivity index (χ0v) is 21.9. The SMILES string of the molecule is [CH]1[CH][CH][CH][CH]1.[Ru+].c1ccc(P(CP(c2ccccc2)c2ccccc2)c2ccccc2)cc1. The van der Waals surface area contributed by atoms with Crippen molar-refractivity contribution in [3.8, 4) is 0 Å². The maximum absolute atomic E-state index is 2.29. The smallest absolute Gasteiger partial charge is 0.0622 e. The molecule has 6 radical (unpaired) electrons. The van der Waals surface area contributed by atoms with Gasteiger partial charge < -0.3 is 0 Å². The molecule has 0 unspecified atom stereocenters. The van der Waals surface area contributed by atoms with E-state index in [1.807, 2.05) is 32.1 Å². The first-order valence-electron chi connectivity index (χ1n) is 10.8. The topological polar surface area (TPSA) is 0 Å². The van der Waals surface area contributed by atoms with Gasteiger partial charge in [0.15, 0.2) is 0 Å². The molecule has 0 bridgehead atoms. The van der Waals surface area contributed by atoms with Crippen LogP contribution in [-0.4, -0.2) is 5.90 Å². The summed E-state index contributed by atoms with van der Waals surface area (Å²) in [4.78, 5) is 0. The third-order valence-electron chi connectivity index (χ3n) is 5.11. The molecule has 4 aromatic rings. The van der Waals surface area contributed by atoms with Gasteiger partial charge in [-0.25, -0.2) is 0 Å². The zero-order valence-electron chi connectivity index (χ0n) is 18.4. The van der Waals surface area contributed by atoms with Crippen LogP contribution in [0.1, 0.15) is 0 Å². The first kappa shape index (κ1) is 26.0. The van der Waals surface area contributed by atoms with E-state index in [2.05, 4.69) is 121 Å². The average Bonchev–Trinajstić information content (AvgIpc) is 3.47. The average molecular weight is 551 g/mol. The summed E-state index contributed by atoms with van der Waals surface area (Å²) in [5.41, 5.74) is 0. The molecule has 0 aromatic heterocycles. The first-order valence-corrected chi connectivity index (χ1v) is 13.9. The predicted molar refractivity (Wildman–Crippen MR) is 145 cm³/mol. The summed E-state index contributed by atoms with van der Waals surface area (Å²) in [5, 5.41) is 5.83. The molecular formula is C30H27P2Ru+. The van der Waals surface area contributed by atoms with Crippen LogP contribution in [0.4, 0.5) is 0 Å². The normalized spacial score (nSPS) is 12.7. The van der Waals surface area contributed by atoms with E-state index < -0.39 is 15.8 Å². The summed E-state index contributed by atoms with van der Waals surface area (Å²) < 4.78 is 0. The van der Waals surface area contributed by atoms with E-state index >= 15 is 0 Å². The van der Waals surface area contributed by atoms with Gasteiger partial charge in [0.25, 0.3) is 0 Å². The summed E-state index contributed by atoms with van der Waals surface area (Å²) in [6.07, 6.45) is 10.0. The van der Waals surface area contributed by atoms with Crippen molar-refractivity contribution in [3.63, 3.8) is 0 Å². The second kappa shape index (κ2) is 14.6. The molecule has 1 aliphatic carbocycles. The molecule has 0 spiro atoms. The molecule has 164 valence electrons. The van der Waals surface area contributed by atoms with E-state index in [0.29, 0.717) is 0 Å². The molecule has 1 aliphatic rings. The fourth-order valence-corrected chi connectivity index (χ4v) is 9.99. The van der Waals surface area contributed by atoms with Crippen LogP contribution < -0.4 is 21.2 Å². The second-order valence-electron chi connectivity index (χ2n) is 7.30. The van der Waals surface area contributed by atoms with Crippen molar-refractivity contribution in [2.45, 2.75) is 0 Å². The van der Waals surface area contributed by atoms with Crippen molar-refractivity contribution in [1.29, 1.82) is 0 Å². The molecule has 33 heavy (non-hydrogen) atoms. The predicted octanol–water partition coefficient (Wildman–Crippen LogP) is 6.23. The maximum Gasteiger partial charge on any atom is 1.00 e. The van der Waals surface area contributed by atoms with Crippen LogP contribution in [0.25, 0.3) is 0 Å². The Morgan fingerprint density at radius 3 is 0.758 bits per heavy atom. The molecule has 0 amide bonds. The minimum atomic E-state index is -0.409. The minimum absolute atomic E-state index is 0. The van der Waals surface area contributed by atoms with Crippen molar-refractivity contribution in [1.82, 2.24) is 0 Å². The molecular weight excluding hydrogens is 523 g/mol. The Kier molecular flexibility index (Phi) is 11.5. The van der Waals surface area contributed by atoms with E-state index in [4.69, 9.17) is 0 Å². The summed E-state index contributed by atoms with van der Waals surface area (Å²) in [7, 11) is -0.817. The fourth-order valence-electron chi connectivity index (χ4n) is 3.52. The van der Waals surface area contributed by atoms with Gasteiger partial charge in [0.2, 0.25) is 0 Å². The molecule has 0 nitrogen and oxygen atoms in total. The van der Waals surface area contributed by atoms with Crippen LogP contribution >= 0.6 is 15.8 Å². The number of hydrogen-bond donors (Lipinski definition) is 0. The monoisotopic (exact) mass is 551 g/mol. The summed E-state index contributed by atoms with van der Waals surface area (Å²) in [6.45, 7) is 0. The quantitative estimate of drug-likeness (QED) is 0.197. The summed E-state index contributed by atoms with van der Waals surface area (Å²) >= 11 is 0. The Hall–Kier alpha value is -1.64.